The molecule has 0 bridgehead atoms. The maximum atomic E-state index is 12.1. The molecule has 0 heterocycles. The van der Waals surface area contributed by atoms with Crippen molar-refractivity contribution in [3.8, 4) is 5.75 Å². The summed E-state index contributed by atoms with van der Waals surface area (Å²) in [6.07, 6.45) is 0. The molecule has 0 atom stereocenters. The summed E-state index contributed by atoms with van der Waals surface area (Å²) in [5.41, 5.74) is 0.305. The summed E-state index contributed by atoms with van der Waals surface area (Å²) in [5.74, 6) is -1.87. The predicted octanol–water partition coefficient (Wildman–Crippen LogP) is 3.22. The third-order valence-corrected chi connectivity index (χ3v) is 3.91. The summed E-state index contributed by atoms with van der Waals surface area (Å²) in [5, 5.41) is 2.32. The van der Waals surface area contributed by atoms with Crippen LogP contribution in [0, 0.1) is 0 Å². The van der Waals surface area contributed by atoms with Crippen molar-refractivity contribution in [3.63, 3.8) is 0 Å². The standard InChI is InChI=1S/C17H13BrClNO5/c1-24-14-5-3-2-4-11(14)16(22)20-15(21)9-25-17(23)12-8-10(18)6-7-13(12)19/h2-8H,9H2,1H3,(H,20,21,22). The van der Waals surface area contributed by atoms with Gasteiger partial charge >= 0.3 is 5.97 Å². The van der Waals surface area contributed by atoms with Crippen molar-refractivity contribution in [2.75, 3.05) is 13.7 Å². The lowest BCUT2D eigenvalue weighted by Gasteiger charge is -2.09. The number of hydrogen-bond acceptors (Lipinski definition) is 5. The Kier molecular flexibility index (Phi) is 6.55. The molecule has 2 aromatic rings. The Hall–Kier alpha value is -2.38. The smallest absolute Gasteiger partial charge is 0.340 e. The zero-order valence-corrected chi connectivity index (χ0v) is 15.4. The van der Waals surface area contributed by atoms with E-state index in [0.717, 1.165) is 0 Å². The van der Waals surface area contributed by atoms with Crippen LogP contribution in [0.4, 0.5) is 0 Å². The lowest BCUT2D eigenvalue weighted by molar-refractivity contribution is -0.123. The first-order chi connectivity index (χ1) is 11.9. The number of rotatable bonds is 5. The molecule has 0 aliphatic heterocycles. The van der Waals surface area contributed by atoms with E-state index in [1.807, 2.05) is 0 Å². The number of para-hydroxylation sites is 1. The Labute approximate surface area is 157 Å². The van der Waals surface area contributed by atoms with Crippen molar-refractivity contribution in [3.05, 3.63) is 63.1 Å². The Morgan fingerprint density at radius 1 is 1.12 bits per heavy atom. The van der Waals surface area contributed by atoms with E-state index in [0.29, 0.717) is 10.2 Å². The number of hydrogen-bond donors (Lipinski definition) is 1. The first-order valence-corrected chi connectivity index (χ1v) is 8.19. The molecule has 0 aliphatic carbocycles. The molecule has 8 heteroatoms. The minimum absolute atomic E-state index is 0.111. The lowest BCUT2D eigenvalue weighted by atomic mass is 10.2. The number of ether oxygens (including phenoxy) is 2. The summed E-state index contributed by atoms with van der Waals surface area (Å²) in [6, 6.07) is 11.1. The SMILES string of the molecule is COc1ccccc1C(=O)NC(=O)COC(=O)c1cc(Br)ccc1Cl. The summed E-state index contributed by atoms with van der Waals surface area (Å²) in [4.78, 5) is 35.9. The lowest BCUT2D eigenvalue weighted by Crippen LogP contribution is -2.34. The van der Waals surface area contributed by atoms with Gasteiger partial charge in [0.2, 0.25) is 0 Å². The molecule has 0 unspecified atom stereocenters. The molecule has 0 saturated heterocycles. The average molecular weight is 427 g/mol. The Morgan fingerprint density at radius 3 is 2.56 bits per heavy atom. The van der Waals surface area contributed by atoms with Crippen molar-refractivity contribution in [2.24, 2.45) is 0 Å². The molecular weight excluding hydrogens is 414 g/mol. The second-order valence-electron chi connectivity index (χ2n) is 4.78. The molecule has 0 fully saturated rings. The Bertz CT molecular complexity index is 824. The van der Waals surface area contributed by atoms with E-state index in [9.17, 15) is 14.4 Å². The van der Waals surface area contributed by atoms with E-state index >= 15 is 0 Å². The van der Waals surface area contributed by atoms with Crippen molar-refractivity contribution in [2.45, 2.75) is 0 Å². The van der Waals surface area contributed by atoms with E-state index in [1.165, 1.54) is 25.3 Å². The van der Waals surface area contributed by atoms with Gasteiger partial charge in [-0.2, -0.15) is 0 Å². The van der Waals surface area contributed by atoms with Gasteiger partial charge in [0.05, 0.1) is 23.3 Å². The molecule has 0 aliphatic rings. The highest BCUT2D eigenvalue weighted by molar-refractivity contribution is 9.10. The van der Waals surface area contributed by atoms with Gasteiger partial charge in [-0.05, 0) is 30.3 Å². The first-order valence-electron chi connectivity index (χ1n) is 7.01. The number of imide groups is 1. The Morgan fingerprint density at radius 2 is 1.84 bits per heavy atom. The summed E-state index contributed by atoms with van der Waals surface area (Å²) >= 11 is 9.13. The summed E-state index contributed by atoms with van der Waals surface area (Å²) in [7, 11) is 1.41. The molecule has 0 spiro atoms. The number of carbonyl (C=O) groups excluding carboxylic acids is 3. The van der Waals surface area contributed by atoms with Crippen molar-refractivity contribution >= 4 is 45.3 Å². The van der Waals surface area contributed by atoms with Crippen LogP contribution in [0.1, 0.15) is 20.7 Å². The third-order valence-electron chi connectivity index (χ3n) is 3.09. The fourth-order valence-corrected chi connectivity index (χ4v) is 2.48. The predicted molar refractivity (Wildman–Crippen MR) is 94.9 cm³/mol. The first kappa shape index (κ1) is 19.0. The van der Waals surface area contributed by atoms with E-state index < -0.39 is 24.4 Å². The number of halogens is 2. The zero-order chi connectivity index (χ0) is 18.4. The topological polar surface area (TPSA) is 81.7 Å². The highest BCUT2D eigenvalue weighted by Crippen LogP contribution is 2.21. The van der Waals surface area contributed by atoms with Crippen LogP contribution in [0.15, 0.2) is 46.9 Å². The molecule has 1 N–H and O–H groups in total. The van der Waals surface area contributed by atoms with Crippen molar-refractivity contribution in [1.82, 2.24) is 5.32 Å². The Balaban J connectivity index is 1.95. The average Bonchev–Trinajstić information content (AvgIpc) is 2.61. The minimum Gasteiger partial charge on any atom is -0.496 e. The number of carbonyl (C=O) groups is 3. The summed E-state index contributed by atoms with van der Waals surface area (Å²) < 4.78 is 10.6. The second-order valence-corrected chi connectivity index (χ2v) is 6.10. The van der Waals surface area contributed by atoms with Crippen LogP contribution >= 0.6 is 27.5 Å². The highest BCUT2D eigenvalue weighted by Gasteiger charge is 2.17. The molecule has 0 aromatic heterocycles. The zero-order valence-electron chi connectivity index (χ0n) is 13.0. The number of esters is 1. The number of nitrogens with one attached hydrogen (secondary N) is 1. The maximum Gasteiger partial charge on any atom is 0.340 e. The quantitative estimate of drug-likeness (QED) is 0.743. The van der Waals surface area contributed by atoms with Gasteiger partial charge in [0.1, 0.15) is 5.75 Å². The monoisotopic (exact) mass is 425 g/mol. The number of amides is 2. The molecule has 6 nitrogen and oxygen atoms in total. The number of methoxy groups -OCH3 is 1. The van der Waals surface area contributed by atoms with Crippen LogP contribution < -0.4 is 10.1 Å². The van der Waals surface area contributed by atoms with Gasteiger partial charge in [-0.25, -0.2) is 4.79 Å². The molecule has 0 saturated carbocycles. The molecule has 2 rings (SSSR count). The highest BCUT2D eigenvalue weighted by atomic mass is 79.9. The van der Waals surface area contributed by atoms with Gasteiger partial charge in [0, 0.05) is 4.47 Å². The fourth-order valence-electron chi connectivity index (χ4n) is 1.93. The number of benzene rings is 2. The molecule has 25 heavy (non-hydrogen) atoms. The van der Waals surface area contributed by atoms with Crippen LogP contribution in [0.2, 0.25) is 5.02 Å². The molecular formula is C17H13BrClNO5. The minimum atomic E-state index is -0.772. The van der Waals surface area contributed by atoms with Crippen LogP contribution in [0.25, 0.3) is 0 Å². The van der Waals surface area contributed by atoms with Crippen LogP contribution in [-0.4, -0.2) is 31.5 Å². The largest absolute Gasteiger partial charge is 0.496 e. The maximum absolute atomic E-state index is 12.1. The van der Waals surface area contributed by atoms with Crippen LogP contribution in [-0.2, 0) is 9.53 Å². The third kappa shape index (κ3) is 5.04. The van der Waals surface area contributed by atoms with E-state index in [-0.39, 0.29) is 16.1 Å². The van der Waals surface area contributed by atoms with E-state index in [4.69, 9.17) is 21.1 Å². The molecule has 2 aromatic carbocycles. The van der Waals surface area contributed by atoms with Gasteiger partial charge in [-0.1, -0.05) is 39.7 Å². The normalized spacial score (nSPS) is 10.0. The molecule has 130 valence electrons. The molecule has 2 amide bonds. The van der Waals surface area contributed by atoms with Gasteiger partial charge in [-0.15, -0.1) is 0 Å². The summed E-state index contributed by atoms with van der Waals surface area (Å²) in [6.45, 7) is -0.622. The van der Waals surface area contributed by atoms with Gasteiger partial charge in [-0.3, -0.25) is 14.9 Å². The van der Waals surface area contributed by atoms with Crippen LogP contribution in [0.5, 0.6) is 5.75 Å². The fraction of sp³-hybridized carbons (Fsp3) is 0.118. The van der Waals surface area contributed by atoms with E-state index in [2.05, 4.69) is 21.2 Å². The van der Waals surface area contributed by atoms with Crippen molar-refractivity contribution in [1.29, 1.82) is 0 Å². The molecule has 0 radical (unpaired) electrons. The second kappa shape index (κ2) is 8.64. The van der Waals surface area contributed by atoms with Crippen LogP contribution in [0.3, 0.4) is 0 Å². The van der Waals surface area contributed by atoms with Crippen molar-refractivity contribution < 1.29 is 23.9 Å². The van der Waals surface area contributed by atoms with E-state index in [1.54, 1.807) is 24.3 Å². The van der Waals surface area contributed by atoms with Gasteiger partial charge in [0.15, 0.2) is 6.61 Å². The van der Waals surface area contributed by atoms with Gasteiger partial charge in [0.25, 0.3) is 11.8 Å². The van der Waals surface area contributed by atoms with Gasteiger partial charge < -0.3 is 9.47 Å².